The number of benzene rings is 3. The van der Waals surface area contributed by atoms with Crippen molar-refractivity contribution in [2.24, 2.45) is 0 Å². The van der Waals surface area contributed by atoms with Gasteiger partial charge in [0.25, 0.3) is 5.91 Å². The Balaban J connectivity index is 1.53. The van der Waals surface area contributed by atoms with Crippen LogP contribution in [0.15, 0.2) is 91.0 Å². The monoisotopic (exact) mass is 441 g/mol. The molecular formula is C26H23N3O4. The minimum Gasteiger partial charge on any atom is -0.478 e. The molecule has 33 heavy (non-hydrogen) atoms. The molecule has 1 amide bonds. The van der Waals surface area contributed by atoms with Crippen molar-refractivity contribution in [3.8, 4) is 11.3 Å². The topological polar surface area (TPSA) is 104 Å². The van der Waals surface area contributed by atoms with Crippen LogP contribution in [0.4, 0.5) is 5.69 Å². The van der Waals surface area contributed by atoms with Gasteiger partial charge in [0, 0.05) is 5.69 Å². The number of aromatic nitrogens is 2. The van der Waals surface area contributed by atoms with Gasteiger partial charge in [0.2, 0.25) is 0 Å². The lowest BCUT2D eigenvalue weighted by Crippen LogP contribution is -2.29. The van der Waals surface area contributed by atoms with Gasteiger partial charge in [0.1, 0.15) is 12.2 Å². The molecule has 0 spiro atoms. The first-order chi connectivity index (χ1) is 16.0. The van der Waals surface area contributed by atoms with E-state index in [2.05, 4.69) is 15.5 Å². The summed E-state index contributed by atoms with van der Waals surface area (Å²) in [6.07, 6.45) is -1.36. The summed E-state index contributed by atoms with van der Waals surface area (Å²) in [5.74, 6) is -1.37. The first-order valence-electron chi connectivity index (χ1n) is 10.5. The van der Waals surface area contributed by atoms with Crippen LogP contribution in [-0.2, 0) is 9.53 Å². The number of amides is 1. The van der Waals surface area contributed by atoms with Gasteiger partial charge < -0.3 is 15.2 Å². The fraction of sp³-hybridized carbons (Fsp3) is 0.115. The van der Waals surface area contributed by atoms with Crippen LogP contribution in [0.1, 0.15) is 34.6 Å². The van der Waals surface area contributed by atoms with E-state index >= 15 is 0 Å². The first-order valence-corrected chi connectivity index (χ1v) is 10.5. The molecule has 2 atom stereocenters. The zero-order valence-corrected chi connectivity index (χ0v) is 17.9. The normalized spacial score (nSPS) is 12.6. The summed E-state index contributed by atoms with van der Waals surface area (Å²) in [5, 5.41) is 19.3. The molecule has 1 aromatic heterocycles. The fourth-order valence-corrected chi connectivity index (χ4v) is 3.39. The van der Waals surface area contributed by atoms with Crippen LogP contribution in [0, 0.1) is 0 Å². The number of nitrogens with zero attached hydrogens (tertiary/aromatic N) is 1. The second kappa shape index (κ2) is 9.93. The minimum atomic E-state index is -1.02. The van der Waals surface area contributed by atoms with Crippen LogP contribution in [0.5, 0.6) is 0 Å². The molecule has 0 saturated heterocycles. The molecule has 0 saturated carbocycles. The molecule has 0 radical (unpaired) electrons. The Morgan fingerprint density at radius 3 is 2.21 bits per heavy atom. The van der Waals surface area contributed by atoms with Crippen molar-refractivity contribution in [3.63, 3.8) is 0 Å². The van der Waals surface area contributed by atoms with Crippen molar-refractivity contribution in [2.45, 2.75) is 19.1 Å². The summed E-state index contributed by atoms with van der Waals surface area (Å²) in [6, 6.07) is 27.3. The molecular weight excluding hydrogens is 418 g/mol. The first kappa shape index (κ1) is 22.0. The van der Waals surface area contributed by atoms with Crippen LogP contribution in [-0.4, -0.2) is 33.3 Å². The second-order valence-corrected chi connectivity index (χ2v) is 7.51. The third-order valence-electron chi connectivity index (χ3n) is 5.16. The third kappa shape index (κ3) is 5.34. The van der Waals surface area contributed by atoms with Gasteiger partial charge in [0.05, 0.1) is 17.0 Å². The number of carboxylic acids is 1. The smallest absolute Gasteiger partial charge is 0.335 e. The Labute approximate surface area is 191 Å². The average Bonchev–Trinajstić information content (AvgIpc) is 3.34. The largest absolute Gasteiger partial charge is 0.478 e. The van der Waals surface area contributed by atoms with Gasteiger partial charge in [-0.2, -0.15) is 5.10 Å². The lowest BCUT2D eigenvalue weighted by Gasteiger charge is -2.21. The maximum atomic E-state index is 12.8. The molecule has 0 aliphatic heterocycles. The van der Waals surface area contributed by atoms with Gasteiger partial charge in [-0.05, 0) is 48.4 Å². The highest BCUT2D eigenvalue weighted by atomic mass is 16.5. The van der Waals surface area contributed by atoms with Crippen LogP contribution in [0.3, 0.4) is 0 Å². The molecule has 1 heterocycles. The number of hydrogen-bond acceptors (Lipinski definition) is 4. The molecule has 0 fully saturated rings. The number of anilines is 1. The molecule has 0 aliphatic carbocycles. The Morgan fingerprint density at radius 1 is 0.939 bits per heavy atom. The second-order valence-electron chi connectivity index (χ2n) is 7.51. The predicted molar refractivity (Wildman–Crippen MR) is 125 cm³/mol. The fourth-order valence-electron chi connectivity index (χ4n) is 3.39. The van der Waals surface area contributed by atoms with Crippen molar-refractivity contribution in [3.05, 3.63) is 108 Å². The molecule has 3 aromatic carbocycles. The third-order valence-corrected chi connectivity index (χ3v) is 5.16. The minimum absolute atomic E-state index is 0.147. The highest BCUT2D eigenvalue weighted by Crippen LogP contribution is 2.29. The van der Waals surface area contributed by atoms with Crippen molar-refractivity contribution in [2.75, 3.05) is 5.32 Å². The number of aromatic carboxylic acids is 1. The summed E-state index contributed by atoms with van der Waals surface area (Å²) >= 11 is 0. The van der Waals surface area contributed by atoms with E-state index in [0.29, 0.717) is 11.4 Å². The molecule has 166 valence electrons. The van der Waals surface area contributed by atoms with Crippen molar-refractivity contribution in [1.82, 2.24) is 10.2 Å². The molecule has 2 unspecified atom stereocenters. The van der Waals surface area contributed by atoms with E-state index in [-0.39, 0.29) is 11.5 Å². The van der Waals surface area contributed by atoms with E-state index in [0.717, 1.165) is 16.8 Å². The number of aromatic amines is 1. The highest BCUT2D eigenvalue weighted by Gasteiger charge is 2.24. The average molecular weight is 441 g/mol. The molecule has 7 nitrogen and oxygen atoms in total. The number of carbonyl (C=O) groups excluding carboxylic acids is 1. The Bertz CT molecular complexity index is 1220. The number of carbonyl (C=O) groups is 2. The number of nitrogens with one attached hydrogen (secondary N) is 2. The lowest BCUT2D eigenvalue weighted by atomic mass is 10.0. The van der Waals surface area contributed by atoms with Crippen molar-refractivity contribution in [1.29, 1.82) is 0 Å². The Morgan fingerprint density at radius 2 is 1.58 bits per heavy atom. The maximum absolute atomic E-state index is 12.8. The van der Waals surface area contributed by atoms with Crippen molar-refractivity contribution < 1.29 is 19.4 Å². The predicted octanol–water partition coefficient (Wildman–Crippen LogP) is 4.91. The van der Waals surface area contributed by atoms with Gasteiger partial charge in [0.15, 0.2) is 0 Å². The molecule has 0 aliphatic rings. The molecule has 4 aromatic rings. The summed E-state index contributed by atoms with van der Waals surface area (Å²) in [7, 11) is 0. The van der Waals surface area contributed by atoms with E-state index in [4.69, 9.17) is 9.84 Å². The van der Waals surface area contributed by atoms with E-state index in [1.165, 1.54) is 12.1 Å². The van der Waals surface area contributed by atoms with Crippen LogP contribution in [0.2, 0.25) is 0 Å². The van der Waals surface area contributed by atoms with Crippen LogP contribution in [0.25, 0.3) is 11.3 Å². The molecule has 7 heteroatoms. The van der Waals surface area contributed by atoms with E-state index < -0.39 is 18.2 Å². The van der Waals surface area contributed by atoms with E-state index in [1.807, 2.05) is 66.7 Å². The highest BCUT2D eigenvalue weighted by molar-refractivity contribution is 5.94. The number of H-pyrrole nitrogens is 1. The van der Waals surface area contributed by atoms with Gasteiger partial charge >= 0.3 is 5.97 Å². The quantitative estimate of drug-likeness (QED) is 0.360. The summed E-state index contributed by atoms with van der Waals surface area (Å²) in [4.78, 5) is 23.8. The zero-order chi connectivity index (χ0) is 23.2. The number of carboxylic acid groups (broad SMARTS) is 1. The Hall–Kier alpha value is -4.23. The van der Waals surface area contributed by atoms with Gasteiger partial charge in [-0.3, -0.25) is 9.89 Å². The van der Waals surface area contributed by atoms with Crippen LogP contribution >= 0.6 is 0 Å². The Kier molecular flexibility index (Phi) is 6.61. The van der Waals surface area contributed by atoms with Crippen LogP contribution < -0.4 is 5.32 Å². The number of ether oxygens (including phenoxy) is 1. The lowest BCUT2D eigenvalue weighted by molar-refractivity contribution is -0.128. The summed E-state index contributed by atoms with van der Waals surface area (Å²) in [6.45, 7) is 1.67. The standard InChI is InChI=1S/C26H23N3O4/c1-17(25(30)27-21-14-12-20(13-15-21)26(31)32)33-24(19-10-6-3-7-11-19)23-16-22(28-29-23)18-8-4-2-5-9-18/h2-17,24H,1H3,(H,27,30)(H,28,29)(H,31,32). The van der Waals surface area contributed by atoms with E-state index in [1.54, 1.807) is 19.1 Å². The SMILES string of the molecule is CC(OC(c1ccccc1)c1cc(-c2ccccc2)[nH]n1)C(=O)Nc1ccc(C(=O)O)cc1. The molecule has 3 N–H and O–H groups in total. The summed E-state index contributed by atoms with van der Waals surface area (Å²) < 4.78 is 6.18. The molecule has 4 rings (SSSR count). The maximum Gasteiger partial charge on any atom is 0.335 e. The van der Waals surface area contributed by atoms with Gasteiger partial charge in [-0.15, -0.1) is 0 Å². The summed E-state index contributed by atoms with van der Waals surface area (Å²) in [5.41, 5.74) is 4.01. The number of rotatable bonds is 8. The van der Waals surface area contributed by atoms with Gasteiger partial charge in [-0.1, -0.05) is 60.7 Å². The zero-order valence-electron chi connectivity index (χ0n) is 17.9. The van der Waals surface area contributed by atoms with Gasteiger partial charge in [-0.25, -0.2) is 4.79 Å². The molecule has 0 bridgehead atoms. The number of hydrogen-bond donors (Lipinski definition) is 3. The van der Waals surface area contributed by atoms with E-state index in [9.17, 15) is 9.59 Å². The van der Waals surface area contributed by atoms with Crippen molar-refractivity contribution >= 4 is 17.6 Å².